The summed E-state index contributed by atoms with van der Waals surface area (Å²) in [7, 11) is 1.54. The number of nitrogens with one attached hydrogen (secondary N) is 2. The van der Waals surface area contributed by atoms with E-state index in [4.69, 9.17) is 17.3 Å². The Kier molecular flexibility index (Phi) is 4.10. The van der Waals surface area contributed by atoms with Gasteiger partial charge in [0.25, 0.3) is 5.91 Å². The lowest BCUT2D eigenvalue weighted by Crippen LogP contribution is -2.42. The van der Waals surface area contributed by atoms with Gasteiger partial charge in [-0.2, -0.15) is 0 Å². The number of nitrogens with two attached hydrogens (primary N) is 1. The van der Waals surface area contributed by atoms with E-state index in [0.717, 1.165) is 19.3 Å². The third kappa shape index (κ3) is 2.59. The zero-order valence-electron chi connectivity index (χ0n) is 12.4. The predicted octanol–water partition coefficient (Wildman–Crippen LogP) is 2.01. The van der Waals surface area contributed by atoms with Crippen LogP contribution in [0.5, 0.6) is 0 Å². The summed E-state index contributed by atoms with van der Waals surface area (Å²) >= 11 is 6.01. The smallest absolute Gasteiger partial charge is 0.252 e. The minimum Gasteiger partial charge on any atom is -0.355 e. The van der Waals surface area contributed by atoms with Crippen molar-refractivity contribution in [3.05, 3.63) is 28.8 Å². The molecule has 118 valence electrons. The third-order valence-electron chi connectivity index (χ3n) is 4.99. The fourth-order valence-electron chi connectivity index (χ4n) is 3.86. The van der Waals surface area contributed by atoms with E-state index in [0.29, 0.717) is 28.1 Å². The molecule has 0 aliphatic heterocycles. The highest BCUT2D eigenvalue weighted by Gasteiger charge is 2.49. The van der Waals surface area contributed by atoms with Crippen molar-refractivity contribution in [3.8, 4) is 0 Å². The van der Waals surface area contributed by atoms with Crippen molar-refractivity contribution in [1.82, 2.24) is 5.32 Å². The Bertz CT molecular complexity index is 617. The van der Waals surface area contributed by atoms with Gasteiger partial charge in [-0.05, 0) is 49.3 Å². The van der Waals surface area contributed by atoms with Crippen LogP contribution in [0.25, 0.3) is 0 Å². The van der Waals surface area contributed by atoms with Crippen LogP contribution in [0, 0.1) is 17.8 Å². The van der Waals surface area contributed by atoms with Gasteiger partial charge in [0.2, 0.25) is 5.91 Å². The second kappa shape index (κ2) is 5.89. The van der Waals surface area contributed by atoms with E-state index < -0.39 is 0 Å². The van der Waals surface area contributed by atoms with Crippen LogP contribution in [0.3, 0.4) is 0 Å². The van der Waals surface area contributed by atoms with Gasteiger partial charge in [0.15, 0.2) is 0 Å². The van der Waals surface area contributed by atoms with Crippen molar-refractivity contribution >= 4 is 29.1 Å². The van der Waals surface area contributed by atoms with Crippen LogP contribution in [0.2, 0.25) is 5.02 Å². The molecule has 4 N–H and O–H groups in total. The molecule has 3 rings (SSSR count). The number of amides is 2. The maximum atomic E-state index is 12.5. The SMILES string of the molecule is CNC(=O)c1cc(NC(=O)C2C3CCC(C3)C2N)ccc1Cl. The number of hydrogen-bond donors (Lipinski definition) is 3. The fourth-order valence-corrected chi connectivity index (χ4v) is 4.07. The van der Waals surface area contributed by atoms with E-state index in [1.54, 1.807) is 18.2 Å². The number of rotatable bonds is 3. The molecule has 2 saturated carbocycles. The number of hydrogen-bond acceptors (Lipinski definition) is 3. The van der Waals surface area contributed by atoms with Crippen LogP contribution in [-0.4, -0.2) is 24.9 Å². The molecule has 0 heterocycles. The van der Waals surface area contributed by atoms with Gasteiger partial charge in [-0.1, -0.05) is 11.6 Å². The Balaban J connectivity index is 1.76. The minimum atomic E-state index is -0.280. The summed E-state index contributed by atoms with van der Waals surface area (Å²) in [6, 6.07) is 4.86. The van der Waals surface area contributed by atoms with Crippen molar-refractivity contribution in [2.24, 2.45) is 23.5 Å². The minimum absolute atomic E-state index is 0.0510. The van der Waals surface area contributed by atoms with Crippen LogP contribution >= 0.6 is 11.6 Å². The predicted molar refractivity (Wildman–Crippen MR) is 85.8 cm³/mol. The zero-order chi connectivity index (χ0) is 15.9. The molecule has 6 heteroatoms. The second-order valence-corrected chi connectivity index (χ2v) is 6.61. The molecule has 22 heavy (non-hydrogen) atoms. The first-order valence-corrected chi connectivity index (χ1v) is 7.97. The average molecular weight is 322 g/mol. The van der Waals surface area contributed by atoms with Crippen LogP contribution in [0.1, 0.15) is 29.6 Å². The Morgan fingerprint density at radius 3 is 2.64 bits per heavy atom. The first kappa shape index (κ1) is 15.3. The maximum absolute atomic E-state index is 12.5. The molecule has 2 bridgehead atoms. The van der Waals surface area contributed by atoms with E-state index in [1.165, 1.54) is 7.05 Å². The molecule has 4 atom stereocenters. The monoisotopic (exact) mass is 321 g/mol. The van der Waals surface area contributed by atoms with E-state index in [2.05, 4.69) is 10.6 Å². The summed E-state index contributed by atoms with van der Waals surface area (Å²) in [4.78, 5) is 24.3. The first-order valence-electron chi connectivity index (χ1n) is 7.59. The lowest BCUT2D eigenvalue weighted by atomic mass is 9.84. The van der Waals surface area contributed by atoms with Gasteiger partial charge >= 0.3 is 0 Å². The van der Waals surface area contributed by atoms with Gasteiger partial charge in [0, 0.05) is 18.8 Å². The molecule has 4 unspecified atom stereocenters. The topological polar surface area (TPSA) is 84.2 Å². The molecule has 0 radical (unpaired) electrons. The molecule has 2 amide bonds. The number of anilines is 1. The van der Waals surface area contributed by atoms with Crippen LogP contribution in [0.4, 0.5) is 5.69 Å². The van der Waals surface area contributed by atoms with E-state index in [-0.39, 0.29) is 23.8 Å². The highest BCUT2D eigenvalue weighted by Crippen LogP contribution is 2.47. The molecular formula is C16H20ClN3O2. The van der Waals surface area contributed by atoms with Gasteiger partial charge in [-0.15, -0.1) is 0 Å². The highest BCUT2D eigenvalue weighted by molar-refractivity contribution is 6.34. The summed E-state index contributed by atoms with van der Waals surface area (Å²) in [5.74, 6) is 0.415. The Morgan fingerprint density at radius 1 is 1.27 bits per heavy atom. The molecule has 1 aromatic rings. The molecule has 1 aromatic carbocycles. The standard InChI is InChI=1S/C16H20ClN3O2/c1-19-15(21)11-7-10(4-5-12(11)17)20-16(22)13-8-2-3-9(6-8)14(13)18/h4-5,7-9,13-14H,2-3,6,18H2,1H3,(H,19,21)(H,20,22). The van der Waals surface area contributed by atoms with E-state index in [1.807, 2.05) is 0 Å². The quantitative estimate of drug-likeness (QED) is 0.796. The van der Waals surface area contributed by atoms with Crippen molar-refractivity contribution < 1.29 is 9.59 Å². The molecule has 0 aromatic heterocycles. The summed E-state index contributed by atoms with van der Waals surface area (Å²) in [6.07, 6.45) is 3.28. The lowest BCUT2D eigenvalue weighted by Gasteiger charge is -2.27. The molecule has 2 aliphatic carbocycles. The number of fused-ring (bicyclic) bond motifs is 2. The molecule has 0 spiro atoms. The molecular weight excluding hydrogens is 302 g/mol. The molecule has 2 fully saturated rings. The lowest BCUT2D eigenvalue weighted by molar-refractivity contribution is -0.121. The highest BCUT2D eigenvalue weighted by atomic mass is 35.5. The van der Waals surface area contributed by atoms with Crippen LogP contribution in [0.15, 0.2) is 18.2 Å². The van der Waals surface area contributed by atoms with Gasteiger partial charge in [-0.25, -0.2) is 0 Å². The van der Waals surface area contributed by atoms with E-state index >= 15 is 0 Å². The average Bonchev–Trinajstić information content (AvgIpc) is 3.09. The number of carbonyl (C=O) groups excluding carboxylic acids is 2. The number of carbonyl (C=O) groups is 2. The summed E-state index contributed by atoms with van der Waals surface area (Å²) in [5, 5.41) is 5.77. The molecule has 0 saturated heterocycles. The number of benzene rings is 1. The van der Waals surface area contributed by atoms with Crippen LogP contribution < -0.4 is 16.4 Å². The third-order valence-corrected chi connectivity index (χ3v) is 5.32. The molecule has 5 nitrogen and oxygen atoms in total. The summed E-state index contributed by atoms with van der Waals surface area (Å²) < 4.78 is 0. The number of halogens is 1. The summed E-state index contributed by atoms with van der Waals surface area (Å²) in [5.41, 5.74) is 7.12. The van der Waals surface area contributed by atoms with E-state index in [9.17, 15) is 9.59 Å². The fraction of sp³-hybridized carbons (Fsp3) is 0.500. The Hall–Kier alpha value is -1.59. The van der Waals surface area contributed by atoms with Gasteiger partial charge in [0.1, 0.15) is 0 Å². The maximum Gasteiger partial charge on any atom is 0.252 e. The molecule has 2 aliphatic rings. The van der Waals surface area contributed by atoms with Gasteiger partial charge in [0.05, 0.1) is 16.5 Å². The van der Waals surface area contributed by atoms with Crippen molar-refractivity contribution in [2.75, 3.05) is 12.4 Å². The zero-order valence-corrected chi connectivity index (χ0v) is 13.2. The summed E-state index contributed by atoms with van der Waals surface area (Å²) in [6.45, 7) is 0. The Morgan fingerprint density at radius 2 is 2.00 bits per heavy atom. The normalized spacial score (nSPS) is 29.4. The van der Waals surface area contributed by atoms with Crippen molar-refractivity contribution in [3.63, 3.8) is 0 Å². The van der Waals surface area contributed by atoms with Gasteiger partial charge in [-0.3, -0.25) is 9.59 Å². The van der Waals surface area contributed by atoms with Crippen molar-refractivity contribution in [2.45, 2.75) is 25.3 Å². The first-order chi connectivity index (χ1) is 10.5. The Labute approximate surface area is 134 Å². The second-order valence-electron chi connectivity index (χ2n) is 6.20. The largest absolute Gasteiger partial charge is 0.355 e. The van der Waals surface area contributed by atoms with Crippen molar-refractivity contribution in [1.29, 1.82) is 0 Å². The van der Waals surface area contributed by atoms with Gasteiger partial charge < -0.3 is 16.4 Å². The van der Waals surface area contributed by atoms with Crippen LogP contribution in [-0.2, 0) is 4.79 Å².